The van der Waals surface area contributed by atoms with Gasteiger partial charge in [0.05, 0.1) is 10.7 Å². The van der Waals surface area contributed by atoms with Crippen LogP contribution in [0.5, 0.6) is 0 Å². The van der Waals surface area contributed by atoms with Gasteiger partial charge in [0, 0.05) is 30.4 Å². The summed E-state index contributed by atoms with van der Waals surface area (Å²) in [5, 5.41) is 3.26. The lowest BCUT2D eigenvalue weighted by molar-refractivity contribution is 0.224. The minimum Gasteiger partial charge on any atom is -0.294 e. The maximum Gasteiger partial charge on any atom is 0.0897 e. The Morgan fingerprint density at radius 2 is 2.29 bits per heavy atom. The first-order valence-corrected chi connectivity index (χ1v) is 6.26. The second kappa shape index (κ2) is 5.69. The molecule has 0 saturated heterocycles. The van der Waals surface area contributed by atoms with E-state index in [1.807, 2.05) is 6.92 Å². The van der Waals surface area contributed by atoms with Crippen LogP contribution in [0.2, 0.25) is 0 Å². The summed E-state index contributed by atoms with van der Waals surface area (Å²) in [5.41, 5.74) is 1.16. The summed E-state index contributed by atoms with van der Waals surface area (Å²) < 4.78 is 0. The van der Waals surface area contributed by atoms with Gasteiger partial charge < -0.3 is 0 Å². The van der Waals surface area contributed by atoms with Crippen molar-refractivity contribution in [1.29, 1.82) is 0 Å². The van der Waals surface area contributed by atoms with Crippen LogP contribution < -0.4 is 0 Å². The Balaban J connectivity index is 2.55. The van der Waals surface area contributed by atoms with Crippen LogP contribution in [0, 0.1) is 6.92 Å². The van der Waals surface area contributed by atoms with Crippen LogP contribution in [0.4, 0.5) is 0 Å². The molecule has 0 aliphatic carbocycles. The Bertz CT molecular complexity index is 273. The third-order valence-electron chi connectivity index (χ3n) is 2.13. The Morgan fingerprint density at radius 3 is 2.71 bits per heavy atom. The van der Waals surface area contributed by atoms with Gasteiger partial charge in [0.25, 0.3) is 0 Å². The molecule has 0 bridgehead atoms. The maximum atomic E-state index is 5.75. The molecule has 0 amide bonds. The van der Waals surface area contributed by atoms with Gasteiger partial charge in [-0.25, -0.2) is 4.98 Å². The van der Waals surface area contributed by atoms with Gasteiger partial charge in [0.1, 0.15) is 0 Å². The summed E-state index contributed by atoms with van der Waals surface area (Å²) in [6.07, 6.45) is 0. The first-order chi connectivity index (χ1) is 6.63. The van der Waals surface area contributed by atoms with Crippen LogP contribution >= 0.6 is 22.9 Å². The van der Waals surface area contributed by atoms with Gasteiger partial charge in [-0.1, -0.05) is 0 Å². The summed E-state index contributed by atoms with van der Waals surface area (Å²) in [6.45, 7) is 8.25. The van der Waals surface area contributed by atoms with Crippen LogP contribution in [-0.4, -0.2) is 28.4 Å². The molecule has 1 heterocycles. The summed E-state index contributed by atoms with van der Waals surface area (Å²) in [5.74, 6) is 0.682. The molecule has 0 aromatic carbocycles. The first-order valence-electron chi connectivity index (χ1n) is 4.84. The lowest BCUT2D eigenvalue weighted by atomic mass is 10.3. The molecular formula is C10H17ClN2S. The molecule has 4 heteroatoms. The predicted octanol–water partition coefficient (Wildman–Crippen LogP) is 2.90. The molecule has 2 nitrogen and oxygen atoms in total. The molecule has 14 heavy (non-hydrogen) atoms. The fourth-order valence-electron chi connectivity index (χ4n) is 1.32. The van der Waals surface area contributed by atoms with Crippen LogP contribution in [0.15, 0.2) is 5.38 Å². The molecule has 0 atom stereocenters. The molecule has 80 valence electrons. The third-order valence-corrected chi connectivity index (χ3v) is 3.13. The number of aryl methyl sites for hydroxylation is 1. The second-order valence-electron chi connectivity index (χ2n) is 3.61. The fraction of sp³-hybridized carbons (Fsp3) is 0.700. The van der Waals surface area contributed by atoms with E-state index in [1.165, 1.54) is 0 Å². The lowest BCUT2D eigenvalue weighted by Crippen LogP contribution is -2.32. The maximum absolute atomic E-state index is 5.75. The summed E-state index contributed by atoms with van der Waals surface area (Å²) in [6, 6.07) is 0.524. The quantitative estimate of drug-likeness (QED) is 0.726. The molecular weight excluding hydrogens is 216 g/mol. The van der Waals surface area contributed by atoms with Crippen molar-refractivity contribution in [3.8, 4) is 0 Å². The number of nitrogens with zero attached hydrogens (tertiary/aromatic N) is 2. The Morgan fingerprint density at radius 1 is 1.57 bits per heavy atom. The van der Waals surface area contributed by atoms with Gasteiger partial charge in [-0.05, 0) is 20.8 Å². The average Bonchev–Trinajstić information content (AvgIpc) is 2.50. The minimum absolute atomic E-state index is 0.524. The zero-order valence-corrected chi connectivity index (χ0v) is 10.5. The smallest absolute Gasteiger partial charge is 0.0897 e. The Kier molecular flexibility index (Phi) is 4.85. The van der Waals surface area contributed by atoms with E-state index in [-0.39, 0.29) is 0 Å². The van der Waals surface area contributed by atoms with Crippen molar-refractivity contribution in [1.82, 2.24) is 9.88 Å². The van der Waals surface area contributed by atoms with Gasteiger partial charge in [-0.2, -0.15) is 0 Å². The summed E-state index contributed by atoms with van der Waals surface area (Å²) in [7, 11) is 0. The van der Waals surface area contributed by atoms with Gasteiger partial charge in [-0.3, -0.25) is 4.90 Å². The van der Waals surface area contributed by atoms with Crippen LogP contribution in [-0.2, 0) is 6.54 Å². The highest BCUT2D eigenvalue weighted by atomic mass is 35.5. The average molecular weight is 233 g/mol. The van der Waals surface area contributed by atoms with E-state index in [4.69, 9.17) is 11.6 Å². The van der Waals surface area contributed by atoms with Crippen LogP contribution in [0.1, 0.15) is 24.5 Å². The van der Waals surface area contributed by atoms with E-state index in [0.717, 1.165) is 23.8 Å². The number of hydrogen-bond acceptors (Lipinski definition) is 3. The van der Waals surface area contributed by atoms with E-state index >= 15 is 0 Å². The normalized spacial score (nSPS) is 11.6. The standard InChI is InChI=1S/C10H17ClN2S/c1-8(2)13(5-4-11)6-10-7-14-9(3)12-10/h7-8H,4-6H2,1-3H3. The van der Waals surface area contributed by atoms with Gasteiger partial charge in [0.15, 0.2) is 0 Å². The van der Waals surface area contributed by atoms with Gasteiger partial charge in [0.2, 0.25) is 0 Å². The number of aromatic nitrogens is 1. The molecule has 0 unspecified atom stereocenters. The van der Waals surface area contributed by atoms with Crippen molar-refractivity contribution in [3.05, 3.63) is 16.1 Å². The van der Waals surface area contributed by atoms with Crippen molar-refractivity contribution < 1.29 is 0 Å². The third kappa shape index (κ3) is 3.56. The van der Waals surface area contributed by atoms with Crippen LogP contribution in [0.3, 0.4) is 0 Å². The Labute approximate surface area is 94.9 Å². The summed E-state index contributed by atoms with van der Waals surface area (Å²) in [4.78, 5) is 6.78. The molecule has 1 aromatic heterocycles. The second-order valence-corrected chi connectivity index (χ2v) is 5.05. The number of alkyl halides is 1. The number of halogens is 1. The highest BCUT2D eigenvalue weighted by Crippen LogP contribution is 2.12. The van der Waals surface area contributed by atoms with Gasteiger partial charge in [-0.15, -0.1) is 22.9 Å². The highest BCUT2D eigenvalue weighted by Gasteiger charge is 2.10. The molecule has 1 aromatic rings. The van der Waals surface area contributed by atoms with Crippen molar-refractivity contribution in [3.63, 3.8) is 0 Å². The zero-order chi connectivity index (χ0) is 10.6. The fourth-order valence-corrected chi connectivity index (χ4v) is 2.14. The van der Waals surface area contributed by atoms with E-state index in [2.05, 4.69) is 29.1 Å². The summed E-state index contributed by atoms with van der Waals surface area (Å²) >= 11 is 7.46. The number of hydrogen-bond donors (Lipinski definition) is 0. The van der Waals surface area contributed by atoms with Gasteiger partial charge >= 0.3 is 0 Å². The molecule has 0 aliphatic heterocycles. The molecule has 0 aliphatic rings. The zero-order valence-electron chi connectivity index (χ0n) is 8.96. The predicted molar refractivity (Wildman–Crippen MR) is 63.1 cm³/mol. The van der Waals surface area contributed by atoms with E-state index in [0.29, 0.717) is 11.9 Å². The van der Waals surface area contributed by atoms with E-state index in [1.54, 1.807) is 11.3 Å². The monoisotopic (exact) mass is 232 g/mol. The molecule has 1 rings (SSSR count). The van der Waals surface area contributed by atoms with Crippen molar-refractivity contribution >= 4 is 22.9 Å². The number of rotatable bonds is 5. The SMILES string of the molecule is Cc1nc(CN(CCCl)C(C)C)cs1. The highest BCUT2D eigenvalue weighted by molar-refractivity contribution is 7.09. The lowest BCUT2D eigenvalue weighted by Gasteiger charge is -2.24. The first kappa shape index (κ1) is 12.0. The van der Waals surface area contributed by atoms with E-state index in [9.17, 15) is 0 Å². The van der Waals surface area contributed by atoms with Crippen molar-refractivity contribution in [2.45, 2.75) is 33.4 Å². The van der Waals surface area contributed by atoms with Crippen molar-refractivity contribution in [2.75, 3.05) is 12.4 Å². The van der Waals surface area contributed by atoms with Crippen molar-refractivity contribution in [2.24, 2.45) is 0 Å². The molecule has 0 fully saturated rings. The number of thiazole rings is 1. The Hall–Kier alpha value is -0.120. The molecule has 0 saturated carbocycles. The molecule has 0 N–H and O–H groups in total. The van der Waals surface area contributed by atoms with E-state index < -0.39 is 0 Å². The largest absolute Gasteiger partial charge is 0.294 e. The van der Waals surface area contributed by atoms with Crippen LogP contribution in [0.25, 0.3) is 0 Å². The minimum atomic E-state index is 0.524. The molecule has 0 spiro atoms. The topological polar surface area (TPSA) is 16.1 Å². The molecule has 0 radical (unpaired) electrons.